The topological polar surface area (TPSA) is 17.1 Å². The van der Waals surface area contributed by atoms with E-state index in [2.05, 4.69) is 20.8 Å². The third-order valence-electron chi connectivity index (χ3n) is 2.97. The smallest absolute Gasteiger partial charge is 0.120 e. The van der Waals surface area contributed by atoms with Gasteiger partial charge in [0.05, 0.1) is 24.6 Å². The molecule has 0 saturated heterocycles. The first kappa shape index (κ1) is 12.1. The SMILES string of the molecule is CC[P+](CC)(CC)CCCC=O. The van der Waals surface area contributed by atoms with Gasteiger partial charge < -0.3 is 4.79 Å². The van der Waals surface area contributed by atoms with Crippen LogP contribution in [-0.4, -0.2) is 30.9 Å². The van der Waals surface area contributed by atoms with Crippen LogP contribution in [0.1, 0.15) is 33.6 Å². The molecule has 0 rings (SSSR count). The highest BCUT2D eigenvalue weighted by molar-refractivity contribution is 7.75. The van der Waals surface area contributed by atoms with Gasteiger partial charge in [-0.25, -0.2) is 0 Å². The fourth-order valence-corrected chi connectivity index (χ4v) is 4.80. The second-order valence-electron chi connectivity index (χ2n) is 3.32. The highest BCUT2D eigenvalue weighted by Gasteiger charge is 2.29. The zero-order chi connectivity index (χ0) is 9.45. The van der Waals surface area contributed by atoms with Crippen molar-refractivity contribution in [2.75, 3.05) is 24.6 Å². The molecule has 0 aromatic rings. The van der Waals surface area contributed by atoms with Gasteiger partial charge in [-0.15, -0.1) is 0 Å². The number of hydrogen-bond acceptors (Lipinski definition) is 1. The van der Waals surface area contributed by atoms with Gasteiger partial charge in [0.15, 0.2) is 0 Å². The third-order valence-corrected chi connectivity index (χ3v) is 8.26. The number of aldehydes is 1. The molecule has 0 atom stereocenters. The first-order chi connectivity index (χ1) is 5.74. The lowest BCUT2D eigenvalue weighted by molar-refractivity contribution is -0.107. The summed E-state index contributed by atoms with van der Waals surface area (Å²) in [5.74, 6) is 0. The predicted octanol–water partition coefficient (Wildman–Crippen LogP) is 3.04. The van der Waals surface area contributed by atoms with Crippen molar-refractivity contribution >= 4 is 13.5 Å². The molecule has 0 radical (unpaired) electrons. The van der Waals surface area contributed by atoms with Crippen LogP contribution in [-0.2, 0) is 4.79 Å². The van der Waals surface area contributed by atoms with E-state index in [-0.39, 0.29) is 0 Å². The summed E-state index contributed by atoms with van der Waals surface area (Å²) < 4.78 is 0. The van der Waals surface area contributed by atoms with Crippen LogP contribution in [0.15, 0.2) is 0 Å². The van der Waals surface area contributed by atoms with Crippen molar-refractivity contribution in [2.24, 2.45) is 0 Å². The van der Waals surface area contributed by atoms with Crippen LogP contribution in [0.4, 0.5) is 0 Å². The molecule has 0 fully saturated rings. The highest BCUT2D eigenvalue weighted by Crippen LogP contribution is 2.58. The Hall–Kier alpha value is 0.100. The Morgan fingerprint density at radius 3 is 1.92 bits per heavy atom. The maximum Gasteiger partial charge on any atom is 0.120 e. The quantitative estimate of drug-likeness (QED) is 0.342. The fourth-order valence-electron chi connectivity index (χ4n) is 1.66. The first-order valence-corrected chi connectivity index (χ1v) is 7.56. The molecule has 0 unspecified atom stereocenters. The molecule has 0 aromatic heterocycles. The van der Waals surface area contributed by atoms with Crippen LogP contribution >= 0.6 is 7.26 Å². The second kappa shape index (κ2) is 6.60. The highest BCUT2D eigenvalue weighted by atomic mass is 31.2. The van der Waals surface area contributed by atoms with Crippen molar-refractivity contribution < 1.29 is 4.79 Å². The number of carbonyl (C=O) groups is 1. The average molecular weight is 189 g/mol. The predicted molar refractivity (Wildman–Crippen MR) is 58.7 cm³/mol. The largest absolute Gasteiger partial charge is 0.303 e. The monoisotopic (exact) mass is 189 g/mol. The summed E-state index contributed by atoms with van der Waals surface area (Å²) in [4.78, 5) is 10.2. The summed E-state index contributed by atoms with van der Waals surface area (Å²) in [5, 5.41) is 0. The van der Waals surface area contributed by atoms with E-state index in [1.807, 2.05) is 0 Å². The minimum atomic E-state index is -0.627. The molecule has 0 N–H and O–H groups in total. The van der Waals surface area contributed by atoms with E-state index >= 15 is 0 Å². The Bertz CT molecular complexity index is 111. The van der Waals surface area contributed by atoms with Crippen molar-refractivity contribution in [2.45, 2.75) is 33.6 Å². The van der Waals surface area contributed by atoms with Gasteiger partial charge >= 0.3 is 0 Å². The Labute approximate surface area is 77.3 Å². The molecular formula is C10H22OP+. The number of carbonyl (C=O) groups excluding carboxylic acids is 1. The lowest BCUT2D eigenvalue weighted by atomic mass is 10.4. The summed E-state index contributed by atoms with van der Waals surface area (Å²) in [7, 11) is -0.627. The van der Waals surface area contributed by atoms with Crippen LogP contribution in [0.3, 0.4) is 0 Å². The summed E-state index contributed by atoms with van der Waals surface area (Å²) in [5.41, 5.74) is 0. The van der Waals surface area contributed by atoms with Gasteiger partial charge in [-0.3, -0.25) is 0 Å². The van der Waals surface area contributed by atoms with E-state index in [0.717, 1.165) is 19.1 Å². The number of rotatable bonds is 7. The molecule has 0 aliphatic carbocycles. The molecule has 72 valence electrons. The van der Waals surface area contributed by atoms with Crippen molar-refractivity contribution in [3.8, 4) is 0 Å². The van der Waals surface area contributed by atoms with Crippen LogP contribution < -0.4 is 0 Å². The minimum absolute atomic E-state index is 0.627. The molecule has 0 saturated carbocycles. The van der Waals surface area contributed by atoms with Crippen LogP contribution in [0, 0.1) is 0 Å². The zero-order valence-electron chi connectivity index (χ0n) is 8.68. The molecule has 0 aromatic carbocycles. The van der Waals surface area contributed by atoms with E-state index in [0.29, 0.717) is 0 Å². The van der Waals surface area contributed by atoms with E-state index in [4.69, 9.17) is 0 Å². The average Bonchev–Trinajstić information content (AvgIpc) is 2.14. The van der Waals surface area contributed by atoms with Crippen molar-refractivity contribution in [1.82, 2.24) is 0 Å². The van der Waals surface area contributed by atoms with Gasteiger partial charge in [-0.2, -0.15) is 0 Å². The van der Waals surface area contributed by atoms with Crippen LogP contribution in [0.5, 0.6) is 0 Å². The first-order valence-electron chi connectivity index (χ1n) is 5.03. The van der Waals surface area contributed by atoms with Crippen LogP contribution in [0.25, 0.3) is 0 Å². The third kappa shape index (κ3) is 3.67. The Balaban J connectivity index is 3.84. The Morgan fingerprint density at radius 1 is 1.08 bits per heavy atom. The molecule has 12 heavy (non-hydrogen) atoms. The molecule has 0 bridgehead atoms. The molecular weight excluding hydrogens is 167 g/mol. The molecule has 0 aliphatic rings. The van der Waals surface area contributed by atoms with Gasteiger partial charge in [-0.1, -0.05) is 0 Å². The van der Waals surface area contributed by atoms with E-state index < -0.39 is 7.26 Å². The van der Waals surface area contributed by atoms with Crippen molar-refractivity contribution in [3.63, 3.8) is 0 Å². The molecule has 0 aliphatic heterocycles. The Morgan fingerprint density at radius 2 is 1.58 bits per heavy atom. The van der Waals surface area contributed by atoms with E-state index in [1.54, 1.807) is 0 Å². The molecule has 2 heteroatoms. The van der Waals surface area contributed by atoms with Gasteiger partial charge in [0.2, 0.25) is 0 Å². The van der Waals surface area contributed by atoms with Crippen molar-refractivity contribution in [1.29, 1.82) is 0 Å². The Kier molecular flexibility index (Phi) is 6.65. The lowest BCUT2D eigenvalue weighted by Gasteiger charge is -2.22. The van der Waals surface area contributed by atoms with Gasteiger partial charge in [-0.05, 0) is 27.2 Å². The summed E-state index contributed by atoms with van der Waals surface area (Å²) >= 11 is 0. The van der Waals surface area contributed by atoms with E-state index in [9.17, 15) is 4.79 Å². The summed E-state index contributed by atoms with van der Waals surface area (Å²) in [6.07, 6.45) is 8.34. The van der Waals surface area contributed by atoms with Gasteiger partial charge in [0.1, 0.15) is 6.29 Å². The molecule has 0 heterocycles. The number of hydrogen-bond donors (Lipinski definition) is 0. The van der Waals surface area contributed by atoms with Crippen molar-refractivity contribution in [3.05, 3.63) is 0 Å². The van der Waals surface area contributed by atoms with Gasteiger partial charge in [0, 0.05) is 13.7 Å². The summed E-state index contributed by atoms with van der Waals surface area (Å²) in [6.45, 7) is 6.92. The number of unbranched alkanes of at least 4 members (excludes halogenated alkanes) is 1. The maximum absolute atomic E-state index is 10.2. The normalized spacial score (nSPS) is 11.6. The minimum Gasteiger partial charge on any atom is -0.303 e. The molecule has 0 amide bonds. The second-order valence-corrected chi connectivity index (χ2v) is 8.35. The van der Waals surface area contributed by atoms with Crippen LogP contribution in [0.2, 0.25) is 0 Å². The summed E-state index contributed by atoms with van der Waals surface area (Å²) in [6, 6.07) is 0. The lowest BCUT2D eigenvalue weighted by Crippen LogP contribution is -2.07. The molecule has 0 spiro atoms. The standard InChI is InChI=1S/C10H22OP/c1-4-12(5-2,6-3)10-8-7-9-11/h9H,4-8,10H2,1-3H3/q+1. The maximum atomic E-state index is 10.2. The van der Waals surface area contributed by atoms with Gasteiger partial charge in [0.25, 0.3) is 0 Å². The zero-order valence-corrected chi connectivity index (χ0v) is 9.57. The fraction of sp³-hybridized carbons (Fsp3) is 0.900. The molecule has 1 nitrogen and oxygen atoms in total. The van der Waals surface area contributed by atoms with E-state index in [1.165, 1.54) is 24.6 Å².